The first-order valence-electron chi connectivity index (χ1n) is 5.34. The van der Waals surface area contributed by atoms with Crippen molar-refractivity contribution < 1.29 is 18.7 Å². The van der Waals surface area contributed by atoms with Crippen molar-refractivity contribution in [3.05, 3.63) is 29.8 Å². The highest BCUT2D eigenvalue weighted by molar-refractivity contribution is 5.78. The smallest absolute Gasteiger partial charge is 0.311 e. The molecule has 17 heavy (non-hydrogen) atoms. The highest BCUT2D eigenvalue weighted by Crippen LogP contribution is 2.46. The number of rotatable bonds is 4. The van der Waals surface area contributed by atoms with Gasteiger partial charge in [0, 0.05) is 19.7 Å². The average molecular weight is 241 g/mol. The third kappa shape index (κ3) is 2.23. The monoisotopic (exact) mass is 241 g/mol. The first kappa shape index (κ1) is 11.8. The van der Waals surface area contributed by atoms with Crippen molar-refractivity contribution in [2.75, 3.05) is 18.5 Å². The molecule has 1 saturated carbocycles. The highest BCUT2D eigenvalue weighted by atomic mass is 19.1. The molecule has 0 aromatic heterocycles. The summed E-state index contributed by atoms with van der Waals surface area (Å²) in [6, 6.07) is 3.16. The Hall–Kier alpha value is -1.65. The fourth-order valence-corrected chi connectivity index (χ4v) is 1.91. The molecular formula is C12H13F2NO2. The molecule has 0 aliphatic heterocycles. The molecule has 1 N–H and O–H groups in total. The molecule has 0 amide bonds. The van der Waals surface area contributed by atoms with E-state index in [1.165, 1.54) is 4.90 Å². The number of carboxylic acid groups (broad SMARTS) is 1. The number of aliphatic carboxylic acids is 1. The SMILES string of the molecule is CN(CC1(C(=O)O)CC1)c1cc(F)ccc1F. The van der Waals surface area contributed by atoms with Crippen molar-refractivity contribution in [1.29, 1.82) is 0 Å². The van der Waals surface area contributed by atoms with Gasteiger partial charge < -0.3 is 10.0 Å². The lowest BCUT2D eigenvalue weighted by atomic mass is 10.1. The van der Waals surface area contributed by atoms with Crippen LogP contribution in [0.25, 0.3) is 0 Å². The molecule has 5 heteroatoms. The molecule has 0 bridgehead atoms. The molecule has 0 radical (unpaired) electrons. The van der Waals surface area contributed by atoms with E-state index in [4.69, 9.17) is 5.11 Å². The lowest BCUT2D eigenvalue weighted by molar-refractivity contribution is -0.142. The van der Waals surface area contributed by atoms with Gasteiger partial charge in [-0.2, -0.15) is 0 Å². The predicted octanol–water partition coefficient (Wildman–Crippen LogP) is 2.27. The van der Waals surface area contributed by atoms with Crippen molar-refractivity contribution in [3.8, 4) is 0 Å². The lowest BCUT2D eigenvalue weighted by Gasteiger charge is -2.23. The van der Waals surface area contributed by atoms with Crippen LogP contribution in [0.3, 0.4) is 0 Å². The van der Waals surface area contributed by atoms with E-state index in [9.17, 15) is 13.6 Å². The molecule has 1 aromatic carbocycles. The quantitative estimate of drug-likeness (QED) is 0.879. The van der Waals surface area contributed by atoms with Crippen LogP contribution >= 0.6 is 0 Å². The number of hydrogen-bond acceptors (Lipinski definition) is 2. The summed E-state index contributed by atoms with van der Waals surface area (Å²) < 4.78 is 26.5. The molecule has 1 fully saturated rings. The number of nitrogens with zero attached hydrogens (tertiary/aromatic N) is 1. The Bertz CT molecular complexity index is 458. The van der Waals surface area contributed by atoms with Crippen molar-refractivity contribution in [3.63, 3.8) is 0 Å². The van der Waals surface area contributed by atoms with Gasteiger partial charge in [-0.25, -0.2) is 8.78 Å². The summed E-state index contributed by atoms with van der Waals surface area (Å²) in [7, 11) is 1.57. The number of carbonyl (C=O) groups is 1. The second kappa shape index (κ2) is 3.98. The first-order valence-corrected chi connectivity index (χ1v) is 5.34. The molecular weight excluding hydrogens is 228 g/mol. The highest BCUT2D eigenvalue weighted by Gasteiger charge is 2.51. The molecule has 2 rings (SSSR count). The second-order valence-corrected chi connectivity index (χ2v) is 4.54. The Morgan fingerprint density at radius 3 is 2.65 bits per heavy atom. The van der Waals surface area contributed by atoms with E-state index in [0.717, 1.165) is 18.2 Å². The van der Waals surface area contributed by atoms with Crippen LogP contribution in [-0.4, -0.2) is 24.7 Å². The number of carboxylic acids is 1. The Kier molecular flexibility index (Phi) is 2.77. The number of hydrogen-bond donors (Lipinski definition) is 1. The molecule has 0 spiro atoms. The topological polar surface area (TPSA) is 40.5 Å². The maximum absolute atomic E-state index is 13.5. The maximum Gasteiger partial charge on any atom is 0.311 e. The molecule has 1 aliphatic carbocycles. The Balaban J connectivity index is 2.17. The van der Waals surface area contributed by atoms with Gasteiger partial charge in [0.2, 0.25) is 0 Å². The molecule has 0 unspecified atom stereocenters. The predicted molar refractivity (Wildman–Crippen MR) is 58.9 cm³/mol. The van der Waals surface area contributed by atoms with Crippen LogP contribution < -0.4 is 4.90 Å². The minimum absolute atomic E-state index is 0.0949. The molecule has 1 aromatic rings. The van der Waals surface area contributed by atoms with Crippen LogP contribution in [-0.2, 0) is 4.79 Å². The average Bonchev–Trinajstić information content (AvgIpc) is 3.02. The largest absolute Gasteiger partial charge is 0.481 e. The van der Waals surface area contributed by atoms with Gasteiger partial charge in [-0.1, -0.05) is 0 Å². The fraction of sp³-hybridized carbons (Fsp3) is 0.417. The minimum atomic E-state index is -0.874. The number of benzene rings is 1. The van der Waals surface area contributed by atoms with Crippen LogP contribution in [0.15, 0.2) is 18.2 Å². The summed E-state index contributed by atoms with van der Waals surface area (Å²) in [5.41, 5.74) is -0.689. The van der Waals surface area contributed by atoms with Gasteiger partial charge in [-0.05, 0) is 25.0 Å². The third-order valence-electron chi connectivity index (χ3n) is 3.17. The van der Waals surface area contributed by atoms with E-state index in [1.54, 1.807) is 7.05 Å². The van der Waals surface area contributed by atoms with E-state index >= 15 is 0 Å². The molecule has 92 valence electrons. The summed E-state index contributed by atoms with van der Waals surface area (Å²) in [6.07, 6.45) is 1.17. The van der Waals surface area contributed by atoms with E-state index in [2.05, 4.69) is 0 Å². The molecule has 3 nitrogen and oxygen atoms in total. The van der Waals surface area contributed by atoms with E-state index in [0.29, 0.717) is 12.8 Å². The van der Waals surface area contributed by atoms with Gasteiger partial charge in [0.15, 0.2) is 0 Å². The van der Waals surface area contributed by atoms with Crippen LogP contribution in [0, 0.1) is 17.0 Å². The van der Waals surface area contributed by atoms with Crippen molar-refractivity contribution in [2.45, 2.75) is 12.8 Å². The first-order chi connectivity index (χ1) is 7.94. The van der Waals surface area contributed by atoms with E-state index < -0.39 is 23.0 Å². The number of halogens is 2. The Morgan fingerprint density at radius 1 is 1.47 bits per heavy atom. The molecule has 0 heterocycles. The molecule has 0 atom stereocenters. The fourth-order valence-electron chi connectivity index (χ4n) is 1.91. The van der Waals surface area contributed by atoms with Gasteiger partial charge >= 0.3 is 5.97 Å². The summed E-state index contributed by atoms with van der Waals surface area (Å²) in [5, 5.41) is 9.03. The van der Waals surface area contributed by atoms with Crippen molar-refractivity contribution in [1.82, 2.24) is 0 Å². The van der Waals surface area contributed by atoms with Crippen LogP contribution in [0.1, 0.15) is 12.8 Å². The molecule has 1 aliphatic rings. The Labute approximate surface area is 97.7 Å². The maximum atomic E-state index is 13.5. The third-order valence-corrected chi connectivity index (χ3v) is 3.17. The van der Waals surface area contributed by atoms with Crippen LogP contribution in [0.5, 0.6) is 0 Å². The standard InChI is InChI=1S/C12H13F2NO2/c1-15(7-12(4-5-12)11(16)17)10-6-8(13)2-3-9(10)14/h2-3,6H,4-5,7H2,1H3,(H,16,17). The van der Waals surface area contributed by atoms with Crippen molar-refractivity contribution in [2.24, 2.45) is 5.41 Å². The van der Waals surface area contributed by atoms with Gasteiger partial charge in [-0.3, -0.25) is 4.79 Å². The second-order valence-electron chi connectivity index (χ2n) is 4.54. The normalized spacial score (nSPS) is 16.6. The minimum Gasteiger partial charge on any atom is -0.481 e. The van der Waals surface area contributed by atoms with Gasteiger partial charge in [0.1, 0.15) is 11.6 Å². The van der Waals surface area contributed by atoms with Crippen LogP contribution in [0.4, 0.5) is 14.5 Å². The summed E-state index contributed by atoms with van der Waals surface area (Å²) in [4.78, 5) is 12.5. The Morgan fingerprint density at radius 2 is 2.12 bits per heavy atom. The van der Waals surface area contributed by atoms with Gasteiger partial charge in [0.05, 0.1) is 11.1 Å². The zero-order valence-corrected chi connectivity index (χ0v) is 9.41. The van der Waals surface area contributed by atoms with Gasteiger partial charge in [0.25, 0.3) is 0 Å². The summed E-state index contributed by atoms with van der Waals surface area (Å²) >= 11 is 0. The molecule has 0 saturated heterocycles. The van der Waals surface area contributed by atoms with E-state index in [1.807, 2.05) is 0 Å². The van der Waals surface area contributed by atoms with Crippen LogP contribution in [0.2, 0.25) is 0 Å². The van der Waals surface area contributed by atoms with E-state index in [-0.39, 0.29) is 12.2 Å². The zero-order chi connectivity index (χ0) is 12.6. The number of anilines is 1. The zero-order valence-electron chi connectivity index (χ0n) is 9.41. The summed E-state index contributed by atoms with van der Waals surface area (Å²) in [6.45, 7) is 0.197. The summed E-state index contributed by atoms with van der Waals surface area (Å²) in [5.74, 6) is -1.95. The van der Waals surface area contributed by atoms with Gasteiger partial charge in [-0.15, -0.1) is 0 Å². The van der Waals surface area contributed by atoms with Crippen molar-refractivity contribution >= 4 is 11.7 Å². The lowest BCUT2D eigenvalue weighted by Crippen LogP contribution is -2.32.